The fourth-order valence-corrected chi connectivity index (χ4v) is 2.05. The number of hydrogen-bond acceptors (Lipinski definition) is 2. The molecule has 0 fully saturated rings. The third-order valence-electron chi connectivity index (χ3n) is 2.92. The highest BCUT2D eigenvalue weighted by Gasteiger charge is 2.16. The molecule has 17 heavy (non-hydrogen) atoms. The molecule has 1 aromatic carbocycles. The van der Waals surface area contributed by atoms with E-state index in [1.54, 1.807) is 0 Å². The maximum absolute atomic E-state index is 11.9. The highest BCUT2D eigenvalue weighted by atomic mass is 16.1. The molecule has 0 aliphatic rings. The highest BCUT2D eigenvalue weighted by molar-refractivity contribution is 6.01. The zero-order chi connectivity index (χ0) is 12.8. The van der Waals surface area contributed by atoms with Crippen LogP contribution in [0.5, 0.6) is 0 Å². The van der Waals surface area contributed by atoms with Gasteiger partial charge in [0.2, 0.25) is 0 Å². The predicted molar refractivity (Wildman–Crippen MR) is 73.8 cm³/mol. The lowest BCUT2D eigenvalue weighted by Gasteiger charge is -2.30. The van der Waals surface area contributed by atoms with E-state index in [9.17, 15) is 4.79 Å². The molecule has 0 saturated heterocycles. The Hall–Kier alpha value is -1.31. The molecule has 94 valence electrons. The second-order valence-corrected chi connectivity index (χ2v) is 4.58. The first kappa shape index (κ1) is 13.8. The van der Waals surface area contributed by atoms with Crippen molar-refractivity contribution in [3.8, 4) is 0 Å². The molecule has 0 aliphatic carbocycles. The van der Waals surface area contributed by atoms with Crippen LogP contribution < -0.4 is 4.90 Å². The van der Waals surface area contributed by atoms with Gasteiger partial charge >= 0.3 is 0 Å². The van der Waals surface area contributed by atoms with Crippen molar-refractivity contribution >= 4 is 11.5 Å². The van der Waals surface area contributed by atoms with Crippen molar-refractivity contribution in [2.24, 2.45) is 0 Å². The molecule has 0 spiro atoms. The highest BCUT2D eigenvalue weighted by Crippen LogP contribution is 2.24. The van der Waals surface area contributed by atoms with E-state index in [4.69, 9.17) is 0 Å². The van der Waals surface area contributed by atoms with Gasteiger partial charge < -0.3 is 4.90 Å². The summed E-state index contributed by atoms with van der Waals surface area (Å²) in [4.78, 5) is 14.2. The minimum atomic E-state index is 0.224. The van der Waals surface area contributed by atoms with Crippen molar-refractivity contribution < 1.29 is 4.79 Å². The zero-order valence-corrected chi connectivity index (χ0v) is 11.4. The van der Waals surface area contributed by atoms with Gasteiger partial charge in [0.05, 0.1) is 0 Å². The van der Waals surface area contributed by atoms with Crippen molar-refractivity contribution in [3.05, 3.63) is 29.8 Å². The maximum atomic E-state index is 11.9. The lowest BCUT2D eigenvalue weighted by atomic mass is 10.0. The first-order valence-corrected chi connectivity index (χ1v) is 6.50. The van der Waals surface area contributed by atoms with E-state index in [1.807, 2.05) is 25.1 Å². The van der Waals surface area contributed by atoms with Crippen LogP contribution in [-0.2, 0) is 0 Å². The van der Waals surface area contributed by atoms with Crippen LogP contribution in [0.15, 0.2) is 24.3 Å². The Labute approximate surface area is 105 Å². The van der Waals surface area contributed by atoms with Crippen molar-refractivity contribution in [1.29, 1.82) is 0 Å². The number of rotatable bonds is 6. The number of hydrogen-bond donors (Lipinski definition) is 0. The van der Waals surface area contributed by atoms with E-state index in [0.29, 0.717) is 12.5 Å². The normalized spacial score (nSPS) is 10.6. The van der Waals surface area contributed by atoms with Gasteiger partial charge in [0, 0.05) is 30.3 Å². The number of anilines is 1. The fourth-order valence-electron chi connectivity index (χ4n) is 2.05. The van der Waals surface area contributed by atoms with Crippen LogP contribution >= 0.6 is 0 Å². The molecule has 0 N–H and O–H groups in total. The summed E-state index contributed by atoms with van der Waals surface area (Å²) >= 11 is 0. The van der Waals surface area contributed by atoms with E-state index in [0.717, 1.165) is 24.2 Å². The fraction of sp³-hybridized carbons (Fsp3) is 0.533. The van der Waals surface area contributed by atoms with E-state index in [1.165, 1.54) is 0 Å². The molecule has 1 aromatic rings. The molecule has 0 amide bonds. The van der Waals surface area contributed by atoms with Gasteiger partial charge in [-0.3, -0.25) is 4.79 Å². The first-order valence-electron chi connectivity index (χ1n) is 6.50. The van der Waals surface area contributed by atoms with Crippen molar-refractivity contribution in [2.45, 2.75) is 46.6 Å². The van der Waals surface area contributed by atoms with Gasteiger partial charge in [0.15, 0.2) is 5.78 Å². The number of Topliss-reactive ketones (excluding diaryl/α,β-unsaturated/α-hetero) is 1. The topological polar surface area (TPSA) is 20.3 Å². The van der Waals surface area contributed by atoms with Crippen LogP contribution in [0.3, 0.4) is 0 Å². The Kier molecular flexibility index (Phi) is 5.20. The molecule has 0 heterocycles. The summed E-state index contributed by atoms with van der Waals surface area (Å²) in [6.45, 7) is 9.41. The molecule has 0 aromatic heterocycles. The van der Waals surface area contributed by atoms with Gasteiger partial charge in [-0.2, -0.15) is 0 Å². The van der Waals surface area contributed by atoms with Gasteiger partial charge in [0.1, 0.15) is 0 Å². The SMILES string of the molecule is CCCN(c1ccccc1C(=O)CC)C(C)C. The molecule has 2 nitrogen and oxygen atoms in total. The quantitative estimate of drug-likeness (QED) is 0.694. The zero-order valence-electron chi connectivity index (χ0n) is 11.4. The van der Waals surface area contributed by atoms with E-state index >= 15 is 0 Å². The molecule has 0 atom stereocenters. The molecule has 2 heteroatoms. The van der Waals surface area contributed by atoms with Crippen LogP contribution in [-0.4, -0.2) is 18.4 Å². The van der Waals surface area contributed by atoms with E-state index < -0.39 is 0 Å². The summed E-state index contributed by atoms with van der Waals surface area (Å²) < 4.78 is 0. The molecule has 0 saturated carbocycles. The molecule has 0 aliphatic heterocycles. The minimum absolute atomic E-state index is 0.224. The Morgan fingerprint density at radius 3 is 2.41 bits per heavy atom. The Balaban J connectivity index is 3.13. The monoisotopic (exact) mass is 233 g/mol. The Bertz CT molecular complexity index is 371. The summed E-state index contributed by atoms with van der Waals surface area (Å²) in [5.74, 6) is 0.224. The summed E-state index contributed by atoms with van der Waals surface area (Å²) in [6.07, 6.45) is 1.65. The summed E-state index contributed by atoms with van der Waals surface area (Å²) in [5, 5.41) is 0. The number of carbonyl (C=O) groups excluding carboxylic acids is 1. The first-order chi connectivity index (χ1) is 8.11. The largest absolute Gasteiger partial charge is 0.369 e. The van der Waals surface area contributed by atoms with E-state index in [2.05, 4.69) is 31.7 Å². The predicted octanol–water partition coefficient (Wildman–Crippen LogP) is 3.90. The van der Waals surface area contributed by atoms with Crippen molar-refractivity contribution in [2.75, 3.05) is 11.4 Å². The van der Waals surface area contributed by atoms with Crippen LogP contribution in [0.25, 0.3) is 0 Å². The van der Waals surface area contributed by atoms with Gasteiger partial charge in [-0.05, 0) is 32.4 Å². The average Bonchev–Trinajstić information content (AvgIpc) is 2.34. The lowest BCUT2D eigenvalue weighted by molar-refractivity contribution is 0.0988. The van der Waals surface area contributed by atoms with Gasteiger partial charge in [0.25, 0.3) is 0 Å². The summed E-state index contributed by atoms with van der Waals surface area (Å²) in [5.41, 5.74) is 1.94. The average molecular weight is 233 g/mol. The maximum Gasteiger partial charge on any atom is 0.164 e. The van der Waals surface area contributed by atoms with Crippen LogP contribution in [0.4, 0.5) is 5.69 Å². The number of nitrogens with zero attached hydrogens (tertiary/aromatic N) is 1. The number of carbonyl (C=O) groups is 1. The minimum Gasteiger partial charge on any atom is -0.369 e. The second kappa shape index (κ2) is 6.43. The van der Waals surface area contributed by atoms with E-state index in [-0.39, 0.29) is 5.78 Å². The molecule has 1 rings (SSSR count). The summed E-state index contributed by atoms with van der Waals surface area (Å²) in [6, 6.07) is 8.36. The number of para-hydroxylation sites is 1. The molecular weight excluding hydrogens is 210 g/mol. The number of ketones is 1. The van der Waals surface area contributed by atoms with Gasteiger partial charge in [-0.15, -0.1) is 0 Å². The van der Waals surface area contributed by atoms with Crippen LogP contribution in [0, 0.1) is 0 Å². The Morgan fingerprint density at radius 1 is 1.24 bits per heavy atom. The van der Waals surface area contributed by atoms with Crippen molar-refractivity contribution in [1.82, 2.24) is 0 Å². The van der Waals surface area contributed by atoms with Gasteiger partial charge in [-0.1, -0.05) is 26.0 Å². The van der Waals surface area contributed by atoms with Crippen LogP contribution in [0.2, 0.25) is 0 Å². The Morgan fingerprint density at radius 2 is 1.88 bits per heavy atom. The number of benzene rings is 1. The third kappa shape index (κ3) is 3.32. The third-order valence-corrected chi connectivity index (χ3v) is 2.92. The molecule has 0 unspecified atom stereocenters. The smallest absolute Gasteiger partial charge is 0.164 e. The van der Waals surface area contributed by atoms with Crippen LogP contribution in [0.1, 0.15) is 50.9 Å². The molecule has 0 radical (unpaired) electrons. The molecular formula is C15H23NO. The second-order valence-electron chi connectivity index (χ2n) is 4.58. The molecule has 0 bridgehead atoms. The standard InChI is InChI=1S/C15H23NO/c1-5-11-16(12(3)4)14-10-8-7-9-13(14)15(17)6-2/h7-10,12H,5-6,11H2,1-4H3. The summed E-state index contributed by atoms with van der Waals surface area (Å²) in [7, 11) is 0. The lowest BCUT2D eigenvalue weighted by Crippen LogP contribution is -2.32. The van der Waals surface area contributed by atoms with Gasteiger partial charge in [-0.25, -0.2) is 0 Å². The van der Waals surface area contributed by atoms with Crippen molar-refractivity contribution in [3.63, 3.8) is 0 Å².